The fraction of sp³-hybridized carbons (Fsp3) is 0.385. The first-order valence-electron chi connectivity index (χ1n) is 6.38. The third kappa shape index (κ3) is 3.37. The van der Waals surface area contributed by atoms with Gasteiger partial charge in [-0.2, -0.15) is 0 Å². The van der Waals surface area contributed by atoms with Gasteiger partial charge in [0.2, 0.25) is 0 Å². The highest BCUT2D eigenvalue weighted by atomic mass is 19.1. The zero-order valence-electron chi connectivity index (χ0n) is 11.0. The molecule has 4 N–H and O–H groups in total. The Bertz CT molecular complexity index is 515. The van der Waals surface area contributed by atoms with Crippen molar-refractivity contribution in [3.63, 3.8) is 0 Å². The number of ether oxygens (including phenoxy) is 1. The topological polar surface area (TPSA) is 91.4 Å². The summed E-state index contributed by atoms with van der Waals surface area (Å²) in [5, 5.41) is 8.85. The summed E-state index contributed by atoms with van der Waals surface area (Å²) in [4.78, 5) is 13.2. The first-order valence-corrected chi connectivity index (χ1v) is 6.38. The predicted molar refractivity (Wildman–Crippen MR) is 73.1 cm³/mol. The van der Waals surface area contributed by atoms with Crippen LogP contribution in [0.2, 0.25) is 0 Å². The van der Waals surface area contributed by atoms with Crippen LogP contribution in [0.1, 0.15) is 18.4 Å². The Kier molecular flexibility index (Phi) is 4.39. The molecule has 0 radical (unpaired) electrons. The van der Waals surface area contributed by atoms with Gasteiger partial charge in [-0.3, -0.25) is 10.7 Å². The molecule has 1 fully saturated rings. The number of carbonyl (C=O) groups is 1. The molecule has 1 aromatic rings. The molecule has 0 saturated carbocycles. The molecule has 1 amide bonds. The summed E-state index contributed by atoms with van der Waals surface area (Å²) >= 11 is 0. The van der Waals surface area contributed by atoms with Crippen molar-refractivity contribution >= 4 is 17.7 Å². The number of halogens is 1. The van der Waals surface area contributed by atoms with E-state index < -0.39 is 12.1 Å². The number of hydrogen-bond donors (Lipinski definition) is 3. The van der Waals surface area contributed by atoms with Gasteiger partial charge in [-0.15, -0.1) is 0 Å². The van der Waals surface area contributed by atoms with Gasteiger partial charge in [-0.1, -0.05) is 12.1 Å². The van der Waals surface area contributed by atoms with Crippen LogP contribution in [0.5, 0.6) is 0 Å². The zero-order valence-corrected chi connectivity index (χ0v) is 11.0. The summed E-state index contributed by atoms with van der Waals surface area (Å²) in [5.41, 5.74) is 5.83. The van der Waals surface area contributed by atoms with Crippen LogP contribution in [0, 0.1) is 11.2 Å². The van der Waals surface area contributed by atoms with Crippen LogP contribution in [0.4, 0.5) is 14.9 Å². The molecule has 2 rings (SSSR count). The molecule has 0 aliphatic carbocycles. The Morgan fingerprint density at radius 3 is 2.80 bits per heavy atom. The molecule has 1 aliphatic heterocycles. The number of nitrogens with zero attached hydrogens (tertiary/aromatic N) is 1. The van der Waals surface area contributed by atoms with Crippen molar-refractivity contribution in [2.45, 2.75) is 19.4 Å². The molecule has 1 heterocycles. The van der Waals surface area contributed by atoms with E-state index in [4.69, 9.17) is 15.9 Å². The van der Waals surface area contributed by atoms with E-state index in [1.807, 2.05) is 10.2 Å². The zero-order chi connectivity index (χ0) is 14.5. The maximum Gasteiger partial charge on any atom is 0.414 e. The lowest BCUT2D eigenvalue weighted by Gasteiger charge is -2.19. The summed E-state index contributed by atoms with van der Waals surface area (Å²) in [5.74, 6) is -0.883. The Hall–Kier alpha value is -2.31. The van der Waals surface area contributed by atoms with E-state index in [-0.39, 0.29) is 12.4 Å². The fourth-order valence-electron chi connectivity index (χ4n) is 2.17. The molecule has 0 unspecified atom stereocenters. The molecule has 0 atom stereocenters. The van der Waals surface area contributed by atoms with Crippen LogP contribution in [0.15, 0.2) is 18.2 Å². The van der Waals surface area contributed by atoms with Crippen molar-refractivity contribution in [2.75, 3.05) is 18.0 Å². The monoisotopic (exact) mass is 280 g/mol. The Balaban J connectivity index is 2.03. The van der Waals surface area contributed by atoms with Crippen LogP contribution in [-0.4, -0.2) is 25.1 Å². The lowest BCUT2D eigenvalue weighted by atomic mass is 10.2. The van der Waals surface area contributed by atoms with Crippen molar-refractivity contribution in [3.05, 3.63) is 29.6 Å². The number of anilines is 1. The maximum atomic E-state index is 14.3. The second-order valence-electron chi connectivity index (χ2n) is 4.56. The number of nitrogens with two attached hydrogens (primary N) is 1. The second kappa shape index (κ2) is 6.23. The minimum Gasteiger partial charge on any atom is -0.444 e. The molecule has 7 heteroatoms. The summed E-state index contributed by atoms with van der Waals surface area (Å²) in [6.07, 6.45) is 1.24. The Labute approximate surface area is 116 Å². The van der Waals surface area contributed by atoms with E-state index in [0.29, 0.717) is 11.3 Å². The first-order chi connectivity index (χ1) is 9.58. The van der Waals surface area contributed by atoms with E-state index in [1.165, 1.54) is 0 Å². The van der Waals surface area contributed by atoms with Crippen molar-refractivity contribution in [1.82, 2.24) is 5.32 Å². The SMILES string of the molecule is N=C(N)NC(=O)OCc1cccc(N2CCCC2)c1F. The van der Waals surface area contributed by atoms with Crippen LogP contribution >= 0.6 is 0 Å². The van der Waals surface area contributed by atoms with Crippen molar-refractivity contribution in [2.24, 2.45) is 5.73 Å². The molecule has 20 heavy (non-hydrogen) atoms. The predicted octanol–water partition coefficient (Wildman–Crippen LogP) is 1.55. The van der Waals surface area contributed by atoms with E-state index in [0.717, 1.165) is 25.9 Å². The molecular formula is C13H17FN4O2. The normalized spacial score (nSPS) is 14.2. The van der Waals surface area contributed by atoms with Gasteiger partial charge < -0.3 is 15.4 Å². The number of carbonyl (C=O) groups excluding carboxylic acids is 1. The van der Waals surface area contributed by atoms with Gasteiger partial charge in [0.25, 0.3) is 0 Å². The number of alkyl carbamates (subject to hydrolysis) is 1. The maximum absolute atomic E-state index is 14.3. The largest absolute Gasteiger partial charge is 0.444 e. The van der Waals surface area contributed by atoms with Gasteiger partial charge in [0, 0.05) is 18.7 Å². The van der Waals surface area contributed by atoms with Crippen LogP contribution in [0.25, 0.3) is 0 Å². The molecule has 0 spiro atoms. The molecular weight excluding hydrogens is 263 g/mol. The third-order valence-electron chi connectivity index (χ3n) is 3.10. The summed E-state index contributed by atoms with van der Waals surface area (Å²) in [6, 6.07) is 5.02. The molecule has 1 saturated heterocycles. The highest BCUT2D eigenvalue weighted by molar-refractivity contribution is 5.90. The van der Waals surface area contributed by atoms with E-state index in [9.17, 15) is 9.18 Å². The van der Waals surface area contributed by atoms with Crippen molar-refractivity contribution in [3.8, 4) is 0 Å². The number of amides is 1. The summed E-state index contributed by atoms with van der Waals surface area (Å²) < 4.78 is 19.1. The van der Waals surface area contributed by atoms with Crippen LogP contribution < -0.4 is 16.0 Å². The lowest BCUT2D eigenvalue weighted by molar-refractivity contribution is 0.143. The quantitative estimate of drug-likeness (QED) is 0.578. The highest BCUT2D eigenvalue weighted by Crippen LogP contribution is 2.26. The number of hydrogen-bond acceptors (Lipinski definition) is 4. The van der Waals surface area contributed by atoms with Crippen LogP contribution in [0.3, 0.4) is 0 Å². The second-order valence-corrected chi connectivity index (χ2v) is 4.56. The third-order valence-corrected chi connectivity index (χ3v) is 3.10. The van der Waals surface area contributed by atoms with E-state index >= 15 is 0 Å². The van der Waals surface area contributed by atoms with Gasteiger partial charge in [0.05, 0.1) is 5.69 Å². The summed E-state index contributed by atoms with van der Waals surface area (Å²) in [7, 11) is 0. The van der Waals surface area contributed by atoms with E-state index in [2.05, 4.69) is 0 Å². The first kappa shape index (κ1) is 14.1. The molecule has 1 aliphatic rings. The van der Waals surface area contributed by atoms with Crippen molar-refractivity contribution < 1.29 is 13.9 Å². The van der Waals surface area contributed by atoms with Gasteiger partial charge in [-0.05, 0) is 18.9 Å². The van der Waals surface area contributed by atoms with E-state index in [1.54, 1.807) is 18.2 Å². The molecule has 1 aromatic carbocycles. The Morgan fingerprint density at radius 1 is 1.45 bits per heavy atom. The highest BCUT2D eigenvalue weighted by Gasteiger charge is 2.18. The van der Waals surface area contributed by atoms with Gasteiger partial charge >= 0.3 is 6.09 Å². The fourth-order valence-corrected chi connectivity index (χ4v) is 2.17. The standard InChI is InChI=1S/C13H17FN4O2/c14-11-9(8-20-13(19)17-12(15)16)4-3-5-10(11)18-6-1-2-7-18/h3-5H,1-2,6-8H2,(H4,15,16,17,19). The van der Waals surface area contributed by atoms with Crippen LogP contribution in [-0.2, 0) is 11.3 Å². The van der Waals surface area contributed by atoms with Gasteiger partial charge in [-0.25, -0.2) is 9.18 Å². The van der Waals surface area contributed by atoms with Crippen molar-refractivity contribution in [1.29, 1.82) is 5.41 Å². The number of benzene rings is 1. The van der Waals surface area contributed by atoms with Gasteiger partial charge in [0.1, 0.15) is 6.61 Å². The molecule has 0 aromatic heterocycles. The minimum atomic E-state index is -0.872. The molecule has 6 nitrogen and oxygen atoms in total. The average Bonchev–Trinajstić information content (AvgIpc) is 2.90. The molecule has 108 valence electrons. The molecule has 0 bridgehead atoms. The average molecular weight is 280 g/mol. The number of nitrogens with one attached hydrogen (secondary N) is 2. The minimum absolute atomic E-state index is 0.202. The smallest absolute Gasteiger partial charge is 0.414 e. The number of rotatable bonds is 3. The van der Waals surface area contributed by atoms with Gasteiger partial charge in [0.15, 0.2) is 11.8 Å². The lowest BCUT2D eigenvalue weighted by Crippen LogP contribution is -2.36. The number of guanidine groups is 1. The summed E-state index contributed by atoms with van der Waals surface area (Å²) in [6.45, 7) is 1.48. The Morgan fingerprint density at radius 2 is 2.15 bits per heavy atom.